The molecule has 2 aromatic heterocycles. The van der Waals surface area contributed by atoms with Crippen molar-refractivity contribution in [3.63, 3.8) is 0 Å². The SMILES string of the molecule is CC/C(C)=N\Nc1nc2c(c(=O)[nH]c(=O)n2C)n1CCCc1ccccc1. The zero-order chi connectivity index (χ0) is 19.4. The normalized spacial score (nSPS) is 11.9. The summed E-state index contributed by atoms with van der Waals surface area (Å²) in [6.07, 6.45) is 2.50. The number of hydrogen-bond acceptors (Lipinski definition) is 5. The van der Waals surface area contributed by atoms with Gasteiger partial charge in [0, 0.05) is 19.3 Å². The summed E-state index contributed by atoms with van der Waals surface area (Å²) in [7, 11) is 1.59. The second-order valence-electron chi connectivity index (χ2n) is 6.48. The molecule has 1 aromatic carbocycles. The van der Waals surface area contributed by atoms with E-state index in [0.717, 1.165) is 25.0 Å². The molecule has 0 unspecified atom stereocenters. The first kappa shape index (κ1) is 18.6. The lowest BCUT2D eigenvalue weighted by atomic mass is 10.1. The zero-order valence-electron chi connectivity index (χ0n) is 15.8. The third-order valence-electron chi connectivity index (χ3n) is 4.56. The van der Waals surface area contributed by atoms with Gasteiger partial charge in [0.15, 0.2) is 11.2 Å². The summed E-state index contributed by atoms with van der Waals surface area (Å²) in [5, 5.41) is 4.30. The average molecular weight is 368 g/mol. The van der Waals surface area contributed by atoms with E-state index < -0.39 is 11.2 Å². The second-order valence-corrected chi connectivity index (χ2v) is 6.48. The molecular formula is C19H24N6O2. The van der Waals surface area contributed by atoms with Gasteiger partial charge in [-0.1, -0.05) is 37.3 Å². The van der Waals surface area contributed by atoms with Gasteiger partial charge < -0.3 is 4.57 Å². The highest BCUT2D eigenvalue weighted by molar-refractivity contribution is 5.82. The van der Waals surface area contributed by atoms with Crippen molar-refractivity contribution in [3.05, 3.63) is 56.7 Å². The molecule has 0 aliphatic carbocycles. The van der Waals surface area contributed by atoms with E-state index in [2.05, 4.69) is 32.6 Å². The molecular weight excluding hydrogens is 344 g/mol. The number of hydrogen-bond donors (Lipinski definition) is 2. The van der Waals surface area contributed by atoms with Crippen molar-refractivity contribution in [2.24, 2.45) is 12.1 Å². The van der Waals surface area contributed by atoms with Crippen LogP contribution in [-0.2, 0) is 20.0 Å². The first-order valence-corrected chi connectivity index (χ1v) is 9.04. The molecule has 0 atom stereocenters. The maximum absolute atomic E-state index is 12.4. The number of rotatable bonds is 7. The molecule has 8 nitrogen and oxygen atoms in total. The number of nitrogens with one attached hydrogen (secondary N) is 2. The predicted molar refractivity (Wildman–Crippen MR) is 107 cm³/mol. The molecule has 0 radical (unpaired) electrons. The second kappa shape index (κ2) is 8.03. The van der Waals surface area contributed by atoms with Gasteiger partial charge in [0.1, 0.15) is 0 Å². The molecule has 0 amide bonds. The van der Waals surface area contributed by atoms with Crippen LogP contribution in [0.15, 0.2) is 45.0 Å². The Balaban J connectivity index is 1.98. The lowest BCUT2D eigenvalue weighted by molar-refractivity contribution is 0.659. The van der Waals surface area contributed by atoms with Crippen molar-refractivity contribution in [2.45, 2.75) is 39.7 Å². The number of H-pyrrole nitrogens is 1. The fourth-order valence-electron chi connectivity index (χ4n) is 2.85. The Morgan fingerprint density at radius 1 is 1.26 bits per heavy atom. The Kier molecular flexibility index (Phi) is 5.54. The number of hydrazone groups is 1. The molecule has 0 aliphatic heterocycles. The summed E-state index contributed by atoms with van der Waals surface area (Å²) in [4.78, 5) is 31.1. The summed E-state index contributed by atoms with van der Waals surface area (Å²) in [5.74, 6) is 0.456. The van der Waals surface area contributed by atoms with Crippen LogP contribution in [0.4, 0.5) is 5.95 Å². The van der Waals surface area contributed by atoms with E-state index in [1.807, 2.05) is 32.0 Å². The van der Waals surface area contributed by atoms with Crippen molar-refractivity contribution < 1.29 is 0 Å². The third-order valence-corrected chi connectivity index (χ3v) is 4.56. The first-order chi connectivity index (χ1) is 13.0. The van der Waals surface area contributed by atoms with Crippen LogP contribution in [-0.4, -0.2) is 24.8 Å². The zero-order valence-corrected chi connectivity index (χ0v) is 15.8. The molecule has 2 heterocycles. The monoisotopic (exact) mass is 368 g/mol. The van der Waals surface area contributed by atoms with Crippen LogP contribution >= 0.6 is 0 Å². The van der Waals surface area contributed by atoms with E-state index in [0.29, 0.717) is 23.7 Å². The molecule has 0 saturated carbocycles. The number of benzene rings is 1. The lowest BCUT2D eigenvalue weighted by Crippen LogP contribution is -2.29. The van der Waals surface area contributed by atoms with Crippen LogP contribution in [0.5, 0.6) is 0 Å². The largest absolute Gasteiger partial charge is 0.329 e. The standard InChI is InChI=1S/C19H24N6O2/c1-4-13(2)22-23-18-20-16-15(17(26)21-19(27)24(16)3)25(18)12-8-11-14-9-6-5-7-10-14/h5-7,9-10H,4,8,11-12H2,1-3H3,(H,20,23)(H,21,26,27)/b22-13-. The highest BCUT2D eigenvalue weighted by atomic mass is 16.2. The Morgan fingerprint density at radius 3 is 2.70 bits per heavy atom. The Hall–Kier alpha value is -3.16. The van der Waals surface area contributed by atoms with Gasteiger partial charge in [-0.05, 0) is 31.7 Å². The summed E-state index contributed by atoms with van der Waals surface area (Å²) in [6.45, 7) is 4.51. The maximum atomic E-state index is 12.4. The Morgan fingerprint density at radius 2 is 2.00 bits per heavy atom. The number of imidazole rings is 1. The van der Waals surface area contributed by atoms with Gasteiger partial charge in [0.05, 0.1) is 0 Å². The van der Waals surface area contributed by atoms with E-state index in [1.54, 1.807) is 11.6 Å². The van der Waals surface area contributed by atoms with Gasteiger partial charge in [-0.3, -0.25) is 14.3 Å². The van der Waals surface area contributed by atoms with Gasteiger partial charge >= 0.3 is 5.69 Å². The van der Waals surface area contributed by atoms with Crippen molar-refractivity contribution >= 4 is 22.8 Å². The summed E-state index contributed by atoms with van der Waals surface area (Å²) in [5.41, 5.74) is 4.89. The molecule has 3 rings (SSSR count). The van der Waals surface area contributed by atoms with Crippen LogP contribution in [0, 0.1) is 0 Å². The van der Waals surface area contributed by atoms with E-state index in [1.165, 1.54) is 10.1 Å². The van der Waals surface area contributed by atoms with Crippen LogP contribution in [0.3, 0.4) is 0 Å². The molecule has 142 valence electrons. The average Bonchev–Trinajstić information content (AvgIpc) is 3.04. The molecule has 0 saturated heterocycles. The fraction of sp³-hybridized carbons (Fsp3) is 0.368. The number of aromatic amines is 1. The highest BCUT2D eigenvalue weighted by Crippen LogP contribution is 2.17. The molecule has 0 spiro atoms. The highest BCUT2D eigenvalue weighted by Gasteiger charge is 2.17. The van der Waals surface area contributed by atoms with Gasteiger partial charge in [-0.25, -0.2) is 10.2 Å². The summed E-state index contributed by atoms with van der Waals surface area (Å²) >= 11 is 0. The minimum absolute atomic E-state index is 0.343. The molecule has 3 aromatic rings. The van der Waals surface area contributed by atoms with E-state index in [4.69, 9.17) is 0 Å². The number of aromatic nitrogens is 4. The minimum atomic E-state index is -0.485. The maximum Gasteiger partial charge on any atom is 0.329 e. The Labute approximate surface area is 156 Å². The van der Waals surface area contributed by atoms with E-state index in [9.17, 15) is 9.59 Å². The number of nitrogens with zero attached hydrogens (tertiary/aromatic N) is 4. The van der Waals surface area contributed by atoms with Crippen LogP contribution < -0.4 is 16.7 Å². The van der Waals surface area contributed by atoms with Crippen molar-refractivity contribution in [1.82, 2.24) is 19.1 Å². The lowest BCUT2D eigenvalue weighted by Gasteiger charge is -2.08. The number of fused-ring (bicyclic) bond motifs is 1. The predicted octanol–water partition coefficient (Wildman–Crippen LogP) is 2.25. The van der Waals surface area contributed by atoms with Crippen LogP contribution in [0.25, 0.3) is 11.2 Å². The van der Waals surface area contributed by atoms with Gasteiger partial charge in [-0.2, -0.15) is 10.1 Å². The van der Waals surface area contributed by atoms with Gasteiger partial charge in [-0.15, -0.1) is 0 Å². The van der Waals surface area contributed by atoms with Crippen LogP contribution in [0.2, 0.25) is 0 Å². The molecule has 8 heteroatoms. The molecule has 0 fully saturated rings. The smallest absolute Gasteiger partial charge is 0.303 e. The van der Waals surface area contributed by atoms with Crippen molar-refractivity contribution in [1.29, 1.82) is 0 Å². The van der Waals surface area contributed by atoms with Crippen LogP contribution in [0.1, 0.15) is 32.3 Å². The number of aryl methyl sites for hydroxylation is 3. The summed E-state index contributed by atoms with van der Waals surface area (Å²) in [6, 6.07) is 10.2. The topological polar surface area (TPSA) is 97.1 Å². The van der Waals surface area contributed by atoms with Crippen molar-refractivity contribution in [3.8, 4) is 0 Å². The quantitative estimate of drug-likeness (QED) is 0.494. The Bertz CT molecular complexity index is 1080. The fourth-order valence-corrected chi connectivity index (χ4v) is 2.85. The number of anilines is 1. The minimum Gasteiger partial charge on any atom is -0.303 e. The molecule has 27 heavy (non-hydrogen) atoms. The first-order valence-electron chi connectivity index (χ1n) is 9.04. The van der Waals surface area contributed by atoms with Gasteiger partial charge in [0.25, 0.3) is 5.56 Å². The van der Waals surface area contributed by atoms with Gasteiger partial charge in [0.2, 0.25) is 5.95 Å². The van der Waals surface area contributed by atoms with E-state index >= 15 is 0 Å². The van der Waals surface area contributed by atoms with E-state index in [-0.39, 0.29) is 0 Å². The molecule has 0 bridgehead atoms. The molecule has 2 N–H and O–H groups in total. The summed E-state index contributed by atoms with van der Waals surface area (Å²) < 4.78 is 3.13. The molecule has 0 aliphatic rings. The van der Waals surface area contributed by atoms with Crippen molar-refractivity contribution in [2.75, 3.05) is 5.43 Å². The third kappa shape index (κ3) is 3.99.